The van der Waals surface area contributed by atoms with E-state index in [-0.39, 0.29) is 21.4 Å². The van der Waals surface area contributed by atoms with Gasteiger partial charge in [0, 0.05) is 6.54 Å². The van der Waals surface area contributed by atoms with Gasteiger partial charge in [-0.25, -0.2) is 17.2 Å². The van der Waals surface area contributed by atoms with E-state index in [0.717, 1.165) is 15.9 Å². The van der Waals surface area contributed by atoms with E-state index in [9.17, 15) is 22.0 Å². The van der Waals surface area contributed by atoms with Crippen molar-refractivity contribution in [1.29, 1.82) is 0 Å². The second-order valence-electron chi connectivity index (χ2n) is 7.00. The maximum atomic E-state index is 13.6. The van der Waals surface area contributed by atoms with Gasteiger partial charge in [-0.2, -0.15) is 0 Å². The Kier molecular flexibility index (Phi) is 7.82. The highest BCUT2D eigenvalue weighted by Crippen LogP contribution is 2.27. The molecule has 3 aromatic carbocycles. The first kappa shape index (κ1) is 23.7. The summed E-state index contributed by atoms with van der Waals surface area (Å²) in [5.41, 5.74) is 0.997. The standard InChI is InChI=1S/C23H21ClF2N2O3S/c24-21-15-19(12-13-22(21)26)28(32(30,31)20-6-2-1-3-7-20)16-23(29)27-14-4-5-17-8-10-18(25)11-9-17/h1-3,6-13,15H,4-5,14,16H2,(H,27,29). The number of carbonyl (C=O) groups is 1. The van der Waals surface area contributed by atoms with Gasteiger partial charge < -0.3 is 5.32 Å². The number of nitrogens with one attached hydrogen (secondary N) is 1. The molecular formula is C23H21ClF2N2O3S. The van der Waals surface area contributed by atoms with E-state index in [1.165, 1.54) is 36.4 Å². The monoisotopic (exact) mass is 478 g/mol. The summed E-state index contributed by atoms with van der Waals surface area (Å²) in [5.74, 6) is -1.54. The van der Waals surface area contributed by atoms with E-state index in [0.29, 0.717) is 19.4 Å². The molecule has 0 fully saturated rings. The highest BCUT2D eigenvalue weighted by molar-refractivity contribution is 7.92. The highest BCUT2D eigenvalue weighted by Gasteiger charge is 2.27. The van der Waals surface area contributed by atoms with Crippen molar-refractivity contribution in [2.45, 2.75) is 17.7 Å². The van der Waals surface area contributed by atoms with Crippen molar-refractivity contribution >= 4 is 33.2 Å². The molecular weight excluding hydrogens is 458 g/mol. The van der Waals surface area contributed by atoms with Crippen LogP contribution < -0.4 is 9.62 Å². The molecule has 0 saturated carbocycles. The Balaban J connectivity index is 1.71. The Hall–Kier alpha value is -2.97. The topological polar surface area (TPSA) is 66.5 Å². The molecule has 0 aliphatic heterocycles. The zero-order valence-corrected chi connectivity index (χ0v) is 18.5. The fraction of sp³-hybridized carbons (Fsp3) is 0.174. The van der Waals surface area contributed by atoms with Crippen molar-refractivity contribution in [3.05, 3.63) is 95.0 Å². The quantitative estimate of drug-likeness (QED) is 0.458. The van der Waals surface area contributed by atoms with Gasteiger partial charge in [-0.1, -0.05) is 41.9 Å². The summed E-state index contributed by atoms with van der Waals surface area (Å²) in [6.45, 7) is -0.199. The molecule has 0 aromatic heterocycles. The van der Waals surface area contributed by atoms with E-state index in [2.05, 4.69) is 5.32 Å². The molecule has 32 heavy (non-hydrogen) atoms. The van der Waals surface area contributed by atoms with Crippen LogP contribution in [0.1, 0.15) is 12.0 Å². The van der Waals surface area contributed by atoms with E-state index in [4.69, 9.17) is 11.6 Å². The number of carbonyl (C=O) groups excluding carboxylic acids is 1. The van der Waals surface area contributed by atoms with E-state index < -0.39 is 28.3 Å². The normalized spacial score (nSPS) is 11.2. The fourth-order valence-electron chi connectivity index (χ4n) is 3.03. The molecule has 0 saturated heterocycles. The third-order valence-corrected chi connectivity index (χ3v) is 6.76. The van der Waals surface area contributed by atoms with Gasteiger partial charge in [0.1, 0.15) is 18.2 Å². The fourth-order valence-corrected chi connectivity index (χ4v) is 4.64. The van der Waals surface area contributed by atoms with Gasteiger partial charge in [0.2, 0.25) is 5.91 Å². The predicted octanol–water partition coefficient (Wildman–Crippen LogP) is 4.56. The number of anilines is 1. The molecule has 0 atom stereocenters. The van der Waals surface area contributed by atoms with Gasteiger partial charge >= 0.3 is 0 Å². The molecule has 0 unspecified atom stereocenters. The van der Waals surface area contributed by atoms with Gasteiger partial charge in [0.05, 0.1) is 15.6 Å². The van der Waals surface area contributed by atoms with E-state index in [1.807, 2.05) is 0 Å². The van der Waals surface area contributed by atoms with Crippen molar-refractivity contribution < 1.29 is 22.0 Å². The molecule has 0 radical (unpaired) electrons. The van der Waals surface area contributed by atoms with Gasteiger partial charge in [-0.3, -0.25) is 9.10 Å². The number of aryl methyl sites for hydroxylation is 1. The molecule has 1 N–H and O–H groups in total. The third kappa shape index (κ3) is 6.05. The minimum Gasteiger partial charge on any atom is -0.355 e. The summed E-state index contributed by atoms with van der Waals surface area (Å²) >= 11 is 5.84. The number of hydrogen-bond acceptors (Lipinski definition) is 3. The van der Waals surface area contributed by atoms with Gasteiger partial charge in [-0.15, -0.1) is 0 Å². The zero-order valence-electron chi connectivity index (χ0n) is 17.0. The van der Waals surface area contributed by atoms with Crippen molar-refractivity contribution in [1.82, 2.24) is 5.32 Å². The molecule has 168 valence electrons. The van der Waals surface area contributed by atoms with Crippen molar-refractivity contribution in [2.24, 2.45) is 0 Å². The van der Waals surface area contributed by atoms with Gasteiger partial charge in [0.15, 0.2) is 0 Å². The lowest BCUT2D eigenvalue weighted by atomic mass is 10.1. The summed E-state index contributed by atoms with van der Waals surface area (Å²) in [6.07, 6.45) is 1.21. The molecule has 0 spiro atoms. The number of amides is 1. The first-order valence-electron chi connectivity index (χ1n) is 9.81. The Labute approximate surface area is 190 Å². The number of sulfonamides is 1. The lowest BCUT2D eigenvalue weighted by Crippen LogP contribution is -2.41. The summed E-state index contributed by atoms with van der Waals surface area (Å²) in [7, 11) is -4.10. The second-order valence-corrected chi connectivity index (χ2v) is 9.27. The second kappa shape index (κ2) is 10.6. The Morgan fingerprint density at radius 3 is 2.31 bits per heavy atom. The predicted molar refractivity (Wildman–Crippen MR) is 120 cm³/mol. The lowest BCUT2D eigenvalue weighted by molar-refractivity contribution is -0.119. The molecule has 3 aromatic rings. The summed E-state index contributed by atoms with van der Waals surface area (Å²) in [6, 6.07) is 17.2. The largest absolute Gasteiger partial charge is 0.355 e. The maximum absolute atomic E-state index is 13.6. The Morgan fingerprint density at radius 2 is 1.66 bits per heavy atom. The molecule has 1 amide bonds. The summed E-state index contributed by atoms with van der Waals surface area (Å²) in [5, 5.41) is 2.43. The smallest absolute Gasteiger partial charge is 0.264 e. The molecule has 5 nitrogen and oxygen atoms in total. The molecule has 3 rings (SSSR count). The number of benzene rings is 3. The number of hydrogen-bond donors (Lipinski definition) is 1. The number of rotatable bonds is 9. The van der Waals surface area contributed by atoms with Crippen LogP contribution in [0.5, 0.6) is 0 Å². The van der Waals surface area contributed by atoms with Crippen LogP contribution in [0.4, 0.5) is 14.5 Å². The van der Waals surface area contributed by atoms with E-state index >= 15 is 0 Å². The van der Waals surface area contributed by atoms with Crippen molar-refractivity contribution in [3.63, 3.8) is 0 Å². The lowest BCUT2D eigenvalue weighted by Gasteiger charge is -2.24. The van der Waals surface area contributed by atoms with Crippen LogP contribution in [-0.4, -0.2) is 27.4 Å². The average Bonchev–Trinajstić information content (AvgIpc) is 2.79. The minimum atomic E-state index is -4.10. The maximum Gasteiger partial charge on any atom is 0.264 e. The minimum absolute atomic E-state index is 0.00967. The summed E-state index contributed by atoms with van der Waals surface area (Å²) < 4.78 is 53.8. The molecule has 0 heterocycles. The van der Waals surface area contributed by atoms with Crippen LogP contribution in [0.3, 0.4) is 0 Å². The van der Waals surface area contributed by atoms with Crippen molar-refractivity contribution in [2.75, 3.05) is 17.4 Å². The SMILES string of the molecule is O=C(CN(c1ccc(F)c(Cl)c1)S(=O)(=O)c1ccccc1)NCCCc1ccc(F)cc1. The summed E-state index contributed by atoms with van der Waals surface area (Å²) in [4.78, 5) is 12.5. The first-order valence-corrected chi connectivity index (χ1v) is 11.6. The number of nitrogens with zero attached hydrogens (tertiary/aromatic N) is 1. The Bertz CT molecular complexity index is 1170. The van der Waals surface area contributed by atoms with Crippen LogP contribution in [0.2, 0.25) is 5.02 Å². The van der Waals surface area contributed by atoms with Crippen LogP contribution >= 0.6 is 11.6 Å². The van der Waals surface area contributed by atoms with Crippen LogP contribution in [0.15, 0.2) is 77.7 Å². The Morgan fingerprint density at radius 1 is 0.969 bits per heavy atom. The van der Waals surface area contributed by atoms with Crippen LogP contribution in [0, 0.1) is 11.6 Å². The molecule has 9 heteroatoms. The highest BCUT2D eigenvalue weighted by atomic mass is 35.5. The number of halogens is 3. The van der Waals surface area contributed by atoms with Crippen LogP contribution in [-0.2, 0) is 21.2 Å². The molecule has 0 aliphatic rings. The third-order valence-electron chi connectivity index (χ3n) is 4.69. The van der Waals surface area contributed by atoms with Crippen molar-refractivity contribution in [3.8, 4) is 0 Å². The molecule has 0 bridgehead atoms. The average molecular weight is 479 g/mol. The zero-order chi connectivity index (χ0) is 23.1. The van der Waals surface area contributed by atoms with Gasteiger partial charge in [-0.05, 0) is 60.9 Å². The first-order chi connectivity index (χ1) is 15.3. The van der Waals surface area contributed by atoms with Gasteiger partial charge in [0.25, 0.3) is 10.0 Å². The van der Waals surface area contributed by atoms with Crippen LogP contribution in [0.25, 0.3) is 0 Å². The molecule has 0 aliphatic carbocycles. The van der Waals surface area contributed by atoms with E-state index in [1.54, 1.807) is 30.3 Å².